The largest absolute Gasteiger partial charge is 0.489 e. The van der Waals surface area contributed by atoms with Gasteiger partial charge in [0.15, 0.2) is 0 Å². The molecule has 0 aliphatic carbocycles. The predicted octanol–water partition coefficient (Wildman–Crippen LogP) is 3.31. The number of nitrogens with one attached hydrogen (secondary N) is 1. The van der Waals surface area contributed by atoms with Crippen LogP contribution in [-0.4, -0.2) is 5.84 Å². The second kappa shape index (κ2) is 5.74. The number of nitrogens with two attached hydrogens (primary N) is 1. The van der Waals surface area contributed by atoms with E-state index in [1.165, 1.54) is 6.07 Å². The van der Waals surface area contributed by atoms with Gasteiger partial charge in [-0.2, -0.15) is 0 Å². The Balaban J connectivity index is 2.21. The molecule has 3 nitrogen and oxygen atoms in total. The normalized spacial score (nSPS) is 10.3. The minimum atomic E-state index is -0.495. The van der Waals surface area contributed by atoms with Gasteiger partial charge in [-0.3, -0.25) is 5.41 Å². The maximum absolute atomic E-state index is 14.1. The highest BCUT2D eigenvalue weighted by molar-refractivity contribution is 5.95. The van der Waals surface area contributed by atoms with Gasteiger partial charge in [-0.25, -0.2) is 4.39 Å². The zero-order valence-electron chi connectivity index (χ0n) is 11.5. The molecule has 0 heterocycles. The van der Waals surface area contributed by atoms with Crippen LogP contribution in [0.2, 0.25) is 0 Å². The zero-order valence-corrected chi connectivity index (χ0v) is 11.5. The molecule has 3 N–H and O–H groups in total. The van der Waals surface area contributed by atoms with Crippen LogP contribution >= 0.6 is 0 Å². The molecule has 2 rings (SSSR count). The summed E-state index contributed by atoms with van der Waals surface area (Å²) in [6.45, 7) is 4.07. The number of benzene rings is 2. The Morgan fingerprint density at radius 2 is 1.90 bits per heavy atom. The minimum Gasteiger partial charge on any atom is -0.489 e. The topological polar surface area (TPSA) is 59.1 Å². The van der Waals surface area contributed by atoms with E-state index in [4.69, 9.17) is 15.9 Å². The molecule has 4 heteroatoms. The SMILES string of the molecule is Cc1cccc(OCc2cccc(C(=N)N)c2F)c1C. The molecule has 0 spiro atoms. The number of hydrogen-bond acceptors (Lipinski definition) is 2. The van der Waals surface area contributed by atoms with E-state index in [0.29, 0.717) is 5.56 Å². The molecule has 0 atom stereocenters. The first-order chi connectivity index (χ1) is 9.50. The highest BCUT2D eigenvalue weighted by atomic mass is 19.1. The van der Waals surface area contributed by atoms with Crippen molar-refractivity contribution in [3.63, 3.8) is 0 Å². The first kappa shape index (κ1) is 14.1. The first-order valence-corrected chi connectivity index (χ1v) is 6.31. The molecular weight excluding hydrogens is 255 g/mol. The first-order valence-electron chi connectivity index (χ1n) is 6.31. The lowest BCUT2D eigenvalue weighted by atomic mass is 10.1. The van der Waals surface area contributed by atoms with Crippen molar-refractivity contribution in [3.05, 3.63) is 64.5 Å². The van der Waals surface area contributed by atoms with Gasteiger partial charge in [-0.05, 0) is 37.1 Å². The van der Waals surface area contributed by atoms with Gasteiger partial charge < -0.3 is 10.5 Å². The lowest BCUT2D eigenvalue weighted by Gasteiger charge is -2.12. The van der Waals surface area contributed by atoms with E-state index >= 15 is 0 Å². The predicted molar refractivity (Wildman–Crippen MR) is 77.7 cm³/mol. The van der Waals surface area contributed by atoms with Crippen LogP contribution in [0.5, 0.6) is 5.75 Å². The lowest BCUT2D eigenvalue weighted by Crippen LogP contribution is -2.14. The average molecular weight is 272 g/mol. The van der Waals surface area contributed by atoms with Gasteiger partial charge in [-0.15, -0.1) is 0 Å². The minimum absolute atomic E-state index is 0.104. The highest BCUT2D eigenvalue weighted by Gasteiger charge is 2.11. The molecule has 0 saturated heterocycles. The Bertz CT molecular complexity index is 653. The van der Waals surface area contributed by atoms with E-state index in [1.54, 1.807) is 12.1 Å². The number of halogens is 1. The van der Waals surface area contributed by atoms with E-state index in [0.717, 1.165) is 16.9 Å². The van der Waals surface area contributed by atoms with Gasteiger partial charge in [0.2, 0.25) is 0 Å². The van der Waals surface area contributed by atoms with Crippen LogP contribution in [0.25, 0.3) is 0 Å². The summed E-state index contributed by atoms with van der Waals surface area (Å²) in [4.78, 5) is 0. The standard InChI is InChI=1S/C16H17FN2O/c1-10-5-3-8-14(11(10)2)20-9-12-6-4-7-13(15(12)17)16(18)19/h3-8H,9H2,1-2H3,(H3,18,19). The number of rotatable bonds is 4. The summed E-state index contributed by atoms with van der Waals surface area (Å²) < 4.78 is 19.8. The summed E-state index contributed by atoms with van der Waals surface area (Å²) in [5, 5.41) is 7.33. The summed E-state index contributed by atoms with van der Waals surface area (Å²) in [7, 11) is 0. The van der Waals surface area contributed by atoms with Gasteiger partial charge in [-0.1, -0.05) is 24.3 Å². The number of aryl methyl sites for hydroxylation is 1. The van der Waals surface area contributed by atoms with Crippen LogP contribution in [0.3, 0.4) is 0 Å². The van der Waals surface area contributed by atoms with Gasteiger partial charge >= 0.3 is 0 Å². The zero-order chi connectivity index (χ0) is 14.7. The molecule has 0 bridgehead atoms. The molecule has 20 heavy (non-hydrogen) atoms. The molecule has 2 aromatic carbocycles. The fourth-order valence-corrected chi connectivity index (χ4v) is 1.94. The van der Waals surface area contributed by atoms with Gasteiger partial charge in [0.05, 0.1) is 5.56 Å². The second-order valence-corrected chi connectivity index (χ2v) is 4.68. The van der Waals surface area contributed by atoms with Gasteiger partial charge in [0.25, 0.3) is 0 Å². The van der Waals surface area contributed by atoms with Crippen molar-refractivity contribution in [1.29, 1.82) is 5.41 Å². The van der Waals surface area contributed by atoms with Gasteiger partial charge in [0, 0.05) is 5.56 Å². The number of amidine groups is 1. The van der Waals surface area contributed by atoms with Crippen molar-refractivity contribution in [2.75, 3.05) is 0 Å². The summed E-state index contributed by atoms with van der Waals surface area (Å²) in [6.07, 6.45) is 0. The Morgan fingerprint density at radius 1 is 1.20 bits per heavy atom. The number of ether oxygens (including phenoxy) is 1. The fraction of sp³-hybridized carbons (Fsp3) is 0.188. The third-order valence-electron chi connectivity index (χ3n) is 3.31. The fourth-order valence-electron chi connectivity index (χ4n) is 1.94. The molecule has 0 radical (unpaired) electrons. The third kappa shape index (κ3) is 2.79. The van der Waals surface area contributed by atoms with Crippen LogP contribution in [-0.2, 0) is 6.61 Å². The van der Waals surface area contributed by atoms with Gasteiger partial charge in [0.1, 0.15) is 24.0 Å². The molecule has 2 aromatic rings. The summed E-state index contributed by atoms with van der Waals surface area (Å²) >= 11 is 0. The van der Waals surface area contributed by atoms with Crippen molar-refractivity contribution >= 4 is 5.84 Å². The maximum Gasteiger partial charge on any atom is 0.140 e. The highest BCUT2D eigenvalue weighted by Crippen LogP contribution is 2.22. The van der Waals surface area contributed by atoms with Crippen LogP contribution in [0, 0.1) is 25.1 Å². The molecule has 104 valence electrons. The number of hydrogen-bond donors (Lipinski definition) is 2. The Morgan fingerprint density at radius 3 is 2.60 bits per heavy atom. The maximum atomic E-state index is 14.1. The lowest BCUT2D eigenvalue weighted by molar-refractivity contribution is 0.297. The molecule has 0 fully saturated rings. The van der Waals surface area contributed by atoms with Crippen molar-refractivity contribution in [1.82, 2.24) is 0 Å². The summed E-state index contributed by atoms with van der Waals surface area (Å²) in [5.41, 5.74) is 7.99. The van der Waals surface area contributed by atoms with E-state index in [2.05, 4.69) is 0 Å². The van der Waals surface area contributed by atoms with E-state index in [9.17, 15) is 4.39 Å². The Kier molecular flexibility index (Phi) is 4.03. The van der Waals surface area contributed by atoms with Crippen LogP contribution in [0.15, 0.2) is 36.4 Å². The van der Waals surface area contributed by atoms with E-state index in [1.807, 2.05) is 32.0 Å². The second-order valence-electron chi connectivity index (χ2n) is 4.68. The van der Waals surface area contributed by atoms with Crippen LogP contribution in [0.4, 0.5) is 4.39 Å². The van der Waals surface area contributed by atoms with Crippen LogP contribution in [0.1, 0.15) is 22.3 Å². The van der Waals surface area contributed by atoms with Crippen molar-refractivity contribution < 1.29 is 9.13 Å². The van der Waals surface area contributed by atoms with Crippen molar-refractivity contribution in [2.24, 2.45) is 5.73 Å². The molecule has 0 unspecified atom stereocenters. The van der Waals surface area contributed by atoms with Crippen LogP contribution < -0.4 is 10.5 Å². The average Bonchev–Trinajstić information content (AvgIpc) is 2.41. The third-order valence-corrected chi connectivity index (χ3v) is 3.31. The van der Waals surface area contributed by atoms with E-state index < -0.39 is 5.82 Å². The molecule has 0 saturated carbocycles. The summed E-state index contributed by atoms with van der Waals surface area (Å²) in [6, 6.07) is 10.5. The molecule has 0 amide bonds. The van der Waals surface area contributed by atoms with Crippen molar-refractivity contribution in [2.45, 2.75) is 20.5 Å². The smallest absolute Gasteiger partial charge is 0.140 e. The monoisotopic (exact) mass is 272 g/mol. The molecule has 0 aliphatic rings. The quantitative estimate of drug-likeness (QED) is 0.662. The molecule has 0 aliphatic heterocycles. The Labute approximate surface area is 117 Å². The van der Waals surface area contributed by atoms with Crippen molar-refractivity contribution in [3.8, 4) is 5.75 Å². The molecular formula is C16H17FN2O. The summed E-state index contributed by atoms with van der Waals surface area (Å²) in [5.74, 6) is -0.0426. The Hall–Kier alpha value is -2.36. The number of nitrogen functional groups attached to an aromatic ring is 1. The van der Waals surface area contributed by atoms with E-state index in [-0.39, 0.29) is 18.0 Å². The molecule has 0 aromatic heterocycles.